The van der Waals surface area contributed by atoms with Crippen molar-refractivity contribution in [3.8, 4) is 28.6 Å². The van der Waals surface area contributed by atoms with Crippen LogP contribution in [0.1, 0.15) is 13.8 Å². The molecule has 0 spiro atoms. The van der Waals surface area contributed by atoms with Gasteiger partial charge in [-0.1, -0.05) is 13.8 Å². The van der Waals surface area contributed by atoms with Crippen LogP contribution >= 0.6 is 0 Å². The molecule has 21 heavy (non-hydrogen) atoms. The zero-order valence-corrected chi connectivity index (χ0v) is 12.3. The summed E-state index contributed by atoms with van der Waals surface area (Å²) in [6, 6.07) is 11.7. The minimum Gasteiger partial charge on any atom is -0.508 e. The number of rotatable bonds is 2. The van der Waals surface area contributed by atoms with E-state index in [1.54, 1.807) is 30.3 Å². The molecule has 0 aliphatic heterocycles. The lowest BCUT2D eigenvalue weighted by atomic mass is 10.1. The Labute approximate surface area is 123 Å². The summed E-state index contributed by atoms with van der Waals surface area (Å²) in [5.41, 5.74) is 1.31. The SMILES string of the molecule is CC.COc1cc(O)cc(-c2cc3ccc(O)cc3o2)c1. The number of fused-ring (bicyclic) bond motifs is 1. The number of hydrogen-bond donors (Lipinski definition) is 2. The average Bonchev–Trinajstić information content (AvgIpc) is 2.91. The number of phenols is 2. The van der Waals surface area contributed by atoms with Gasteiger partial charge in [-0.2, -0.15) is 0 Å². The second-order valence-corrected chi connectivity index (χ2v) is 4.25. The van der Waals surface area contributed by atoms with Crippen molar-refractivity contribution in [3.63, 3.8) is 0 Å². The molecule has 1 heterocycles. The minimum atomic E-state index is 0.109. The van der Waals surface area contributed by atoms with Crippen LogP contribution in [0.15, 0.2) is 46.9 Å². The molecular formula is C17H18O4. The topological polar surface area (TPSA) is 62.8 Å². The Morgan fingerprint density at radius 2 is 1.67 bits per heavy atom. The van der Waals surface area contributed by atoms with Gasteiger partial charge in [0.15, 0.2) is 0 Å². The van der Waals surface area contributed by atoms with Gasteiger partial charge in [0.2, 0.25) is 0 Å². The molecule has 0 bridgehead atoms. The molecular weight excluding hydrogens is 268 g/mol. The minimum absolute atomic E-state index is 0.109. The lowest BCUT2D eigenvalue weighted by molar-refractivity contribution is 0.407. The van der Waals surface area contributed by atoms with Gasteiger partial charge in [-0.05, 0) is 30.3 Å². The number of furan rings is 1. The van der Waals surface area contributed by atoms with Crippen LogP contribution in [0.2, 0.25) is 0 Å². The van der Waals surface area contributed by atoms with Gasteiger partial charge in [0.1, 0.15) is 28.6 Å². The fourth-order valence-corrected chi connectivity index (χ4v) is 2.01. The van der Waals surface area contributed by atoms with Gasteiger partial charge in [0.25, 0.3) is 0 Å². The molecule has 0 aliphatic rings. The first-order chi connectivity index (χ1) is 10.2. The fourth-order valence-electron chi connectivity index (χ4n) is 2.01. The molecule has 2 aromatic carbocycles. The molecule has 2 N–H and O–H groups in total. The summed E-state index contributed by atoms with van der Waals surface area (Å²) in [7, 11) is 1.54. The first-order valence-corrected chi connectivity index (χ1v) is 6.77. The molecule has 0 fully saturated rings. The maximum absolute atomic E-state index is 9.64. The molecule has 0 amide bonds. The van der Waals surface area contributed by atoms with Crippen LogP contribution < -0.4 is 4.74 Å². The highest BCUT2D eigenvalue weighted by molar-refractivity contribution is 5.84. The van der Waals surface area contributed by atoms with Crippen molar-refractivity contribution in [1.82, 2.24) is 0 Å². The molecule has 110 valence electrons. The monoisotopic (exact) mass is 286 g/mol. The van der Waals surface area contributed by atoms with E-state index in [-0.39, 0.29) is 11.5 Å². The van der Waals surface area contributed by atoms with E-state index in [4.69, 9.17) is 9.15 Å². The number of aromatic hydroxyl groups is 2. The predicted octanol–water partition coefficient (Wildman–Crippen LogP) is 4.55. The molecule has 0 radical (unpaired) electrons. The van der Waals surface area contributed by atoms with Gasteiger partial charge >= 0.3 is 0 Å². The molecule has 1 aromatic heterocycles. The lowest BCUT2D eigenvalue weighted by Crippen LogP contribution is -1.83. The first-order valence-electron chi connectivity index (χ1n) is 6.77. The molecule has 4 heteroatoms. The van der Waals surface area contributed by atoms with Crippen LogP contribution in [-0.4, -0.2) is 17.3 Å². The van der Waals surface area contributed by atoms with Crippen molar-refractivity contribution in [2.75, 3.05) is 7.11 Å². The molecule has 0 saturated carbocycles. The van der Waals surface area contributed by atoms with E-state index < -0.39 is 0 Å². The van der Waals surface area contributed by atoms with E-state index in [9.17, 15) is 10.2 Å². The highest BCUT2D eigenvalue weighted by Gasteiger charge is 2.09. The van der Waals surface area contributed by atoms with Gasteiger partial charge in [-0.25, -0.2) is 0 Å². The van der Waals surface area contributed by atoms with Crippen molar-refractivity contribution < 1.29 is 19.4 Å². The number of phenolic OH excluding ortho intramolecular Hbond substituents is 2. The zero-order valence-electron chi connectivity index (χ0n) is 12.3. The van der Waals surface area contributed by atoms with E-state index in [1.165, 1.54) is 13.2 Å². The van der Waals surface area contributed by atoms with E-state index in [0.717, 1.165) is 5.39 Å². The van der Waals surface area contributed by atoms with E-state index >= 15 is 0 Å². The van der Waals surface area contributed by atoms with Crippen LogP contribution in [0, 0.1) is 0 Å². The summed E-state index contributed by atoms with van der Waals surface area (Å²) in [6.07, 6.45) is 0. The van der Waals surface area contributed by atoms with Crippen LogP contribution in [0.25, 0.3) is 22.3 Å². The molecule has 4 nitrogen and oxygen atoms in total. The summed E-state index contributed by atoms with van der Waals surface area (Å²) >= 11 is 0. The Kier molecular flexibility index (Phi) is 4.38. The second-order valence-electron chi connectivity index (χ2n) is 4.25. The third-order valence-electron chi connectivity index (χ3n) is 2.92. The van der Waals surface area contributed by atoms with Crippen LogP contribution in [-0.2, 0) is 0 Å². The smallest absolute Gasteiger partial charge is 0.138 e. The highest BCUT2D eigenvalue weighted by atomic mass is 16.5. The third-order valence-corrected chi connectivity index (χ3v) is 2.92. The average molecular weight is 286 g/mol. The Morgan fingerprint density at radius 1 is 0.905 bits per heavy atom. The largest absolute Gasteiger partial charge is 0.508 e. The van der Waals surface area contributed by atoms with E-state index in [2.05, 4.69) is 0 Å². The van der Waals surface area contributed by atoms with Gasteiger partial charge in [0, 0.05) is 23.1 Å². The molecule has 3 aromatic rings. The van der Waals surface area contributed by atoms with E-state index in [1.807, 2.05) is 19.9 Å². The van der Waals surface area contributed by atoms with Crippen molar-refractivity contribution in [3.05, 3.63) is 42.5 Å². The normalized spacial score (nSPS) is 10.0. The molecule has 3 rings (SSSR count). The highest BCUT2D eigenvalue weighted by Crippen LogP contribution is 2.33. The molecule has 0 saturated heterocycles. The Bertz CT molecular complexity index is 744. The van der Waals surface area contributed by atoms with Gasteiger partial charge in [-0.15, -0.1) is 0 Å². The van der Waals surface area contributed by atoms with Crippen LogP contribution in [0.3, 0.4) is 0 Å². The van der Waals surface area contributed by atoms with Gasteiger partial charge < -0.3 is 19.4 Å². The van der Waals surface area contributed by atoms with Crippen LogP contribution in [0.4, 0.5) is 0 Å². The van der Waals surface area contributed by atoms with Gasteiger partial charge in [0.05, 0.1) is 7.11 Å². The second kappa shape index (κ2) is 6.22. The summed E-state index contributed by atoms with van der Waals surface area (Å²) < 4.78 is 10.8. The Hall–Kier alpha value is -2.62. The molecule has 0 unspecified atom stereocenters. The summed E-state index contributed by atoms with van der Waals surface area (Å²) in [5.74, 6) is 1.42. The number of hydrogen-bond acceptors (Lipinski definition) is 4. The summed E-state index contributed by atoms with van der Waals surface area (Å²) in [4.78, 5) is 0. The van der Waals surface area contributed by atoms with E-state index in [0.29, 0.717) is 22.7 Å². The summed E-state index contributed by atoms with van der Waals surface area (Å²) in [5, 5.41) is 19.9. The number of benzene rings is 2. The van der Waals surface area contributed by atoms with Crippen molar-refractivity contribution in [2.45, 2.75) is 13.8 Å². The number of ether oxygens (including phenoxy) is 1. The number of methoxy groups -OCH3 is 1. The predicted molar refractivity (Wildman–Crippen MR) is 82.9 cm³/mol. The molecule has 0 atom stereocenters. The first kappa shape index (κ1) is 14.8. The lowest BCUT2D eigenvalue weighted by Gasteiger charge is -2.03. The van der Waals surface area contributed by atoms with Gasteiger partial charge in [-0.3, -0.25) is 0 Å². The maximum Gasteiger partial charge on any atom is 0.138 e. The van der Waals surface area contributed by atoms with Crippen LogP contribution in [0.5, 0.6) is 17.2 Å². The fraction of sp³-hybridized carbons (Fsp3) is 0.176. The Balaban J connectivity index is 0.000000774. The standard InChI is InChI=1S/C15H12O4.C2H6/c1-18-13-5-10(4-12(17)7-13)14-6-9-2-3-11(16)8-15(9)19-14;1-2/h2-8,16-17H,1H3;1-2H3. The maximum atomic E-state index is 9.64. The molecule has 0 aliphatic carbocycles. The summed E-state index contributed by atoms with van der Waals surface area (Å²) in [6.45, 7) is 4.00. The third kappa shape index (κ3) is 3.11. The van der Waals surface area contributed by atoms with Crippen molar-refractivity contribution >= 4 is 11.0 Å². The zero-order chi connectivity index (χ0) is 15.4. The Morgan fingerprint density at radius 3 is 2.38 bits per heavy atom. The quantitative estimate of drug-likeness (QED) is 0.725. The van der Waals surface area contributed by atoms with Crippen molar-refractivity contribution in [1.29, 1.82) is 0 Å². The van der Waals surface area contributed by atoms with Crippen molar-refractivity contribution in [2.24, 2.45) is 0 Å².